The number of alkyl halides is 3. The van der Waals surface area contributed by atoms with Crippen LogP contribution in [0, 0.1) is 5.41 Å². The van der Waals surface area contributed by atoms with Crippen LogP contribution in [-0.4, -0.2) is 12.0 Å². The molecular formula is C5H9ClF3N3. The van der Waals surface area contributed by atoms with Gasteiger partial charge < -0.3 is 5.73 Å². The van der Waals surface area contributed by atoms with E-state index in [1.807, 2.05) is 0 Å². The zero-order chi connectivity index (χ0) is 9.99. The molecule has 0 fully saturated rings. The number of nitrogens with two attached hydrogens (primary N) is 1. The molecule has 0 amide bonds. The molecule has 0 aliphatic heterocycles. The van der Waals surface area contributed by atoms with Crippen molar-refractivity contribution in [2.24, 2.45) is 16.3 Å². The second kappa shape index (κ2) is 3.38. The summed E-state index contributed by atoms with van der Waals surface area (Å²) in [6.07, 6.45) is -4.44. The first kappa shape index (κ1) is 11.4. The minimum Gasteiger partial charge on any atom is -0.385 e. The monoisotopic (exact) mass is 203 g/mol. The first-order valence-electron chi connectivity index (χ1n) is 2.99. The summed E-state index contributed by atoms with van der Waals surface area (Å²) in [5, 5.41) is 3.05. The van der Waals surface area contributed by atoms with Gasteiger partial charge in [0.25, 0.3) is 0 Å². The van der Waals surface area contributed by atoms with Gasteiger partial charge in [0, 0.05) is 11.8 Å². The molecule has 0 radical (unpaired) electrons. The van der Waals surface area contributed by atoms with Gasteiger partial charge in [0.1, 0.15) is 11.3 Å². The fourth-order valence-corrected chi connectivity index (χ4v) is 0.422. The third kappa shape index (κ3) is 2.17. The van der Waals surface area contributed by atoms with Gasteiger partial charge in [0.05, 0.1) is 0 Å². The van der Waals surface area contributed by atoms with E-state index < -0.39 is 17.4 Å². The lowest BCUT2D eigenvalue weighted by molar-refractivity contribution is -0.186. The van der Waals surface area contributed by atoms with Gasteiger partial charge in [-0.15, -0.1) is 0 Å². The normalized spacial score (nSPS) is 14.7. The Hall–Kier alpha value is -0.650. The molecule has 0 spiro atoms. The van der Waals surface area contributed by atoms with Gasteiger partial charge in [-0.2, -0.15) is 18.3 Å². The van der Waals surface area contributed by atoms with Crippen molar-refractivity contribution in [1.82, 2.24) is 4.94 Å². The number of rotatable bonds is 2. The highest BCUT2D eigenvalue weighted by Crippen LogP contribution is 2.37. The summed E-state index contributed by atoms with van der Waals surface area (Å²) >= 11 is 4.87. The highest BCUT2D eigenvalue weighted by atomic mass is 35.5. The van der Waals surface area contributed by atoms with Crippen molar-refractivity contribution < 1.29 is 13.2 Å². The van der Waals surface area contributed by atoms with Crippen molar-refractivity contribution in [3.05, 3.63) is 0 Å². The lowest BCUT2D eigenvalue weighted by Crippen LogP contribution is -2.44. The maximum atomic E-state index is 12.2. The number of hydrogen-bond donors (Lipinski definition) is 2. The van der Waals surface area contributed by atoms with E-state index in [0.29, 0.717) is 0 Å². The summed E-state index contributed by atoms with van der Waals surface area (Å²) in [7, 11) is 0. The Kier molecular flexibility index (Phi) is 3.20. The minimum absolute atomic E-state index is 0.606. The maximum Gasteiger partial charge on any atom is 0.400 e. The number of halogens is 4. The number of nitrogens with zero attached hydrogens (tertiary/aromatic N) is 1. The zero-order valence-electron chi connectivity index (χ0n) is 6.54. The molecule has 3 N–H and O–H groups in total. The molecule has 0 aliphatic carbocycles. The Morgan fingerprint density at radius 3 is 2.08 bits per heavy atom. The first-order chi connectivity index (χ1) is 5.23. The standard InChI is InChI=1S/C5H9ClF3N3/c1-4(2,5(7,8)9)3(10)11-12-6/h12H,1-2H3,(H2,10,11). The summed E-state index contributed by atoms with van der Waals surface area (Å²) in [5.41, 5.74) is 2.86. The van der Waals surface area contributed by atoms with Gasteiger partial charge in [-0.3, -0.25) is 0 Å². The Morgan fingerprint density at radius 2 is 1.83 bits per heavy atom. The fraction of sp³-hybridized carbons (Fsp3) is 0.800. The van der Waals surface area contributed by atoms with Crippen molar-refractivity contribution in [3.8, 4) is 0 Å². The lowest BCUT2D eigenvalue weighted by atomic mass is 9.91. The summed E-state index contributed by atoms with van der Waals surface area (Å²) in [5.74, 6) is -0.606. The van der Waals surface area contributed by atoms with Crippen LogP contribution in [0.3, 0.4) is 0 Å². The van der Waals surface area contributed by atoms with Gasteiger partial charge in [0.2, 0.25) is 0 Å². The molecule has 0 unspecified atom stereocenters. The first-order valence-corrected chi connectivity index (χ1v) is 3.37. The second-order valence-corrected chi connectivity index (χ2v) is 2.87. The van der Waals surface area contributed by atoms with Crippen LogP contribution in [0.2, 0.25) is 0 Å². The zero-order valence-corrected chi connectivity index (χ0v) is 7.29. The van der Waals surface area contributed by atoms with Crippen LogP contribution in [0.5, 0.6) is 0 Å². The molecule has 3 nitrogen and oxygen atoms in total. The van der Waals surface area contributed by atoms with E-state index in [4.69, 9.17) is 17.5 Å². The molecule has 0 bridgehead atoms. The Labute approximate surface area is 72.9 Å². The second-order valence-electron chi connectivity index (χ2n) is 2.70. The summed E-state index contributed by atoms with van der Waals surface area (Å²) in [6.45, 7) is 1.83. The highest BCUT2D eigenvalue weighted by Gasteiger charge is 2.50. The molecule has 0 aromatic rings. The summed E-state index contributed by atoms with van der Waals surface area (Å²) in [6, 6.07) is 0. The summed E-state index contributed by atoms with van der Waals surface area (Å²) in [4.78, 5) is 1.68. The number of hydrogen-bond acceptors (Lipinski definition) is 2. The van der Waals surface area contributed by atoms with Crippen molar-refractivity contribution in [2.45, 2.75) is 20.0 Å². The minimum atomic E-state index is -4.44. The Morgan fingerprint density at radius 1 is 1.42 bits per heavy atom. The average molecular weight is 204 g/mol. The van der Waals surface area contributed by atoms with Gasteiger partial charge in [-0.25, -0.2) is 4.94 Å². The molecule has 0 aromatic carbocycles. The Balaban J connectivity index is 4.73. The van der Waals surface area contributed by atoms with E-state index >= 15 is 0 Å². The van der Waals surface area contributed by atoms with Crippen molar-refractivity contribution >= 4 is 17.6 Å². The molecule has 0 atom stereocenters. The van der Waals surface area contributed by atoms with E-state index in [2.05, 4.69) is 5.10 Å². The van der Waals surface area contributed by atoms with Gasteiger partial charge >= 0.3 is 6.18 Å². The molecule has 0 heterocycles. The molecule has 72 valence electrons. The van der Waals surface area contributed by atoms with Crippen LogP contribution in [0.4, 0.5) is 13.2 Å². The third-order valence-corrected chi connectivity index (χ3v) is 1.60. The average Bonchev–Trinajstić information content (AvgIpc) is 1.85. The van der Waals surface area contributed by atoms with Crippen LogP contribution in [-0.2, 0) is 0 Å². The SMILES string of the molecule is CC(C)(/C(N)=N\NCl)C(F)(F)F. The van der Waals surface area contributed by atoms with Crippen LogP contribution in [0.15, 0.2) is 5.10 Å². The highest BCUT2D eigenvalue weighted by molar-refractivity contribution is 6.13. The quantitative estimate of drug-likeness (QED) is 0.310. The molecule has 0 saturated heterocycles. The predicted molar refractivity (Wildman–Crippen MR) is 40.4 cm³/mol. The molecular weight excluding hydrogens is 195 g/mol. The Bertz CT molecular complexity index is 187. The molecule has 0 aromatic heterocycles. The molecule has 12 heavy (non-hydrogen) atoms. The van der Waals surface area contributed by atoms with E-state index in [1.54, 1.807) is 4.94 Å². The van der Waals surface area contributed by atoms with E-state index in [0.717, 1.165) is 13.8 Å². The smallest absolute Gasteiger partial charge is 0.385 e. The van der Waals surface area contributed by atoms with Gasteiger partial charge in [-0.05, 0) is 13.8 Å². The van der Waals surface area contributed by atoms with E-state index in [9.17, 15) is 13.2 Å². The third-order valence-electron chi connectivity index (χ3n) is 1.51. The van der Waals surface area contributed by atoms with Crippen LogP contribution in [0.25, 0.3) is 0 Å². The molecule has 0 saturated carbocycles. The van der Waals surface area contributed by atoms with Crippen molar-refractivity contribution in [1.29, 1.82) is 0 Å². The molecule has 0 rings (SSSR count). The van der Waals surface area contributed by atoms with Crippen LogP contribution >= 0.6 is 11.8 Å². The van der Waals surface area contributed by atoms with Crippen molar-refractivity contribution in [3.63, 3.8) is 0 Å². The maximum absolute atomic E-state index is 12.2. The number of amidine groups is 1. The topological polar surface area (TPSA) is 50.4 Å². The summed E-state index contributed by atoms with van der Waals surface area (Å²) < 4.78 is 36.5. The largest absolute Gasteiger partial charge is 0.400 e. The van der Waals surface area contributed by atoms with Gasteiger partial charge in [0.15, 0.2) is 0 Å². The van der Waals surface area contributed by atoms with E-state index in [-0.39, 0.29) is 0 Å². The lowest BCUT2D eigenvalue weighted by Gasteiger charge is -2.26. The van der Waals surface area contributed by atoms with Crippen LogP contribution in [0.1, 0.15) is 13.8 Å². The number of nitrogens with one attached hydrogen (secondary N) is 1. The van der Waals surface area contributed by atoms with Crippen LogP contribution < -0.4 is 10.7 Å². The molecule has 7 heteroatoms. The van der Waals surface area contributed by atoms with Crippen molar-refractivity contribution in [2.75, 3.05) is 0 Å². The molecule has 0 aliphatic rings. The van der Waals surface area contributed by atoms with E-state index in [1.165, 1.54) is 0 Å². The fourth-order valence-electron chi connectivity index (χ4n) is 0.330. The predicted octanol–water partition coefficient (Wildman–Crippen LogP) is 1.59. The number of hydrazone groups is 1. The van der Waals surface area contributed by atoms with Gasteiger partial charge in [-0.1, -0.05) is 0 Å².